The van der Waals surface area contributed by atoms with Gasteiger partial charge < -0.3 is 10.0 Å². The lowest BCUT2D eigenvalue weighted by Gasteiger charge is -2.31. The number of piperidine rings is 1. The lowest BCUT2D eigenvalue weighted by molar-refractivity contribution is -0.132. The number of hydrogen-bond donors (Lipinski definition) is 1. The van der Waals surface area contributed by atoms with E-state index in [1.165, 1.54) is 6.42 Å². The van der Waals surface area contributed by atoms with Gasteiger partial charge in [-0.05, 0) is 42.9 Å². The number of rotatable bonds is 4. The smallest absolute Gasteiger partial charge is 0.222 e. The molecule has 0 atom stereocenters. The van der Waals surface area contributed by atoms with Crippen molar-refractivity contribution in [2.45, 2.75) is 39.0 Å². The van der Waals surface area contributed by atoms with Gasteiger partial charge in [-0.1, -0.05) is 25.5 Å². The van der Waals surface area contributed by atoms with Gasteiger partial charge >= 0.3 is 0 Å². The maximum Gasteiger partial charge on any atom is 0.222 e. The third-order valence-electron chi connectivity index (χ3n) is 4.11. The largest absolute Gasteiger partial charge is 0.508 e. The molecule has 1 aromatic carbocycles. The molecule has 1 amide bonds. The summed E-state index contributed by atoms with van der Waals surface area (Å²) < 4.78 is 0. The third-order valence-corrected chi connectivity index (χ3v) is 4.11. The first kappa shape index (κ1) is 13.9. The standard InChI is InChI=1S/C16H23NO2/c1-2-13-9-11-17(12-10-13)16(19)8-5-14-3-6-15(18)7-4-14/h3-4,6-7,13,18H,2,5,8-12H2,1H3. The zero-order chi connectivity index (χ0) is 13.7. The van der Waals surface area contributed by atoms with Crippen molar-refractivity contribution in [3.05, 3.63) is 29.8 Å². The van der Waals surface area contributed by atoms with Gasteiger partial charge in [0.05, 0.1) is 0 Å². The van der Waals surface area contributed by atoms with Crippen molar-refractivity contribution in [2.75, 3.05) is 13.1 Å². The summed E-state index contributed by atoms with van der Waals surface area (Å²) in [6.45, 7) is 4.08. The first-order valence-corrected chi connectivity index (χ1v) is 7.24. The summed E-state index contributed by atoms with van der Waals surface area (Å²) >= 11 is 0. The number of phenolic OH excluding ortho intramolecular Hbond substituents is 1. The molecule has 0 aromatic heterocycles. The average molecular weight is 261 g/mol. The minimum Gasteiger partial charge on any atom is -0.508 e. The topological polar surface area (TPSA) is 40.5 Å². The Labute approximate surface area is 115 Å². The number of hydrogen-bond acceptors (Lipinski definition) is 2. The molecule has 0 spiro atoms. The van der Waals surface area contributed by atoms with E-state index in [0.717, 1.165) is 43.8 Å². The van der Waals surface area contributed by atoms with Crippen LogP contribution in [-0.2, 0) is 11.2 Å². The van der Waals surface area contributed by atoms with Crippen LogP contribution in [0.4, 0.5) is 0 Å². The van der Waals surface area contributed by atoms with Crippen molar-refractivity contribution < 1.29 is 9.90 Å². The fourth-order valence-corrected chi connectivity index (χ4v) is 2.66. The van der Waals surface area contributed by atoms with E-state index >= 15 is 0 Å². The van der Waals surface area contributed by atoms with Crippen molar-refractivity contribution in [3.8, 4) is 5.75 Å². The van der Waals surface area contributed by atoms with Crippen LogP contribution in [0.15, 0.2) is 24.3 Å². The Balaban J connectivity index is 1.77. The molecule has 0 radical (unpaired) electrons. The monoisotopic (exact) mass is 261 g/mol. The quantitative estimate of drug-likeness (QED) is 0.905. The molecule has 1 heterocycles. The highest BCUT2D eigenvalue weighted by atomic mass is 16.3. The number of amides is 1. The van der Waals surface area contributed by atoms with Crippen LogP contribution in [0.2, 0.25) is 0 Å². The van der Waals surface area contributed by atoms with Crippen LogP contribution < -0.4 is 0 Å². The number of benzene rings is 1. The van der Waals surface area contributed by atoms with Crippen LogP contribution in [0.25, 0.3) is 0 Å². The number of aromatic hydroxyl groups is 1. The normalized spacial score (nSPS) is 16.6. The molecule has 1 aliphatic heterocycles. The van der Waals surface area contributed by atoms with E-state index in [1.807, 2.05) is 17.0 Å². The van der Waals surface area contributed by atoms with Gasteiger partial charge in [-0.2, -0.15) is 0 Å². The van der Waals surface area contributed by atoms with Crippen LogP contribution in [0.1, 0.15) is 38.2 Å². The fraction of sp³-hybridized carbons (Fsp3) is 0.562. The Morgan fingerprint density at radius 1 is 1.26 bits per heavy atom. The minimum absolute atomic E-state index is 0.266. The summed E-state index contributed by atoms with van der Waals surface area (Å²) in [6, 6.07) is 7.11. The van der Waals surface area contributed by atoms with Gasteiger partial charge in [0.15, 0.2) is 0 Å². The van der Waals surface area contributed by atoms with Gasteiger partial charge in [0, 0.05) is 19.5 Å². The van der Waals surface area contributed by atoms with E-state index in [0.29, 0.717) is 6.42 Å². The van der Waals surface area contributed by atoms with Crippen LogP contribution in [0, 0.1) is 5.92 Å². The summed E-state index contributed by atoms with van der Waals surface area (Å²) in [5.41, 5.74) is 1.11. The van der Waals surface area contributed by atoms with E-state index in [2.05, 4.69) is 6.92 Å². The SMILES string of the molecule is CCC1CCN(C(=O)CCc2ccc(O)cc2)CC1. The molecular weight excluding hydrogens is 238 g/mol. The van der Waals surface area contributed by atoms with E-state index in [-0.39, 0.29) is 11.7 Å². The van der Waals surface area contributed by atoms with Gasteiger partial charge in [0.1, 0.15) is 5.75 Å². The number of nitrogens with zero attached hydrogens (tertiary/aromatic N) is 1. The number of likely N-dealkylation sites (tertiary alicyclic amines) is 1. The Bertz CT molecular complexity index is 405. The van der Waals surface area contributed by atoms with Crippen molar-refractivity contribution in [1.29, 1.82) is 0 Å². The molecule has 19 heavy (non-hydrogen) atoms. The summed E-state index contributed by atoms with van der Waals surface area (Å²) in [6.07, 6.45) is 4.87. The fourth-order valence-electron chi connectivity index (χ4n) is 2.66. The van der Waals surface area contributed by atoms with Gasteiger partial charge in [-0.15, -0.1) is 0 Å². The van der Waals surface area contributed by atoms with Crippen LogP contribution in [0.3, 0.4) is 0 Å². The second-order valence-corrected chi connectivity index (χ2v) is 5.40. The highest BCUT2D eigenvalue weighted by Gasteiger charge is 2.21. The maximum atomic E-state index is 12.1. The van der Waals surface area contributed by atoms with Crippen molar-refractivity contribution in [2.24, 2.45) is 5.92 Å². The zero-order valence-corrected chi connectivity index (χ0v) is 11.6. The first-order chi connectivity index (χ1) is 9.19. The van der Waals surface area contributed by atoms with Crippen LogP contribution >= 0.6 is 0 Å². The Morgan fingerprint density at radius 3 is 2.47 bits per heavy atom. The minimum atomic E-state index is 0.266. The molecule has 0 saturated carbocycles. The molecule has 0 bridgehead atoms. The molecule has 1 fully saturated rings. The third kappa shape index (κ3) is 3.98. The lowest BCUT2D eigenvalue weighted by Crippen LogP contribution is -2.38. The predicted molar refractivity (Wildman–Crippen MR) is 76.0 cm³/mol. The molecule has 0 unspecified atom stereocenters. The van der Waals surface area contributed by atoms with Gasteiger partial charge in [-0.25, -0.2) is 0 Å². The lowest BCUT2D eigenvalue weighted by atomic mass is 9.94. The Hall–Kier alpha value is -1.51. The molecular formula is C16H23NO2. The molecule has 3 heteroatoms. The summed E-state index contributed by atoms with van der Waals surface area (Å²) in [4.78, 5) is 14.1. The second kappa shape index (κ2) is 6.60. The van der Waals surface area contributed by atoms with Gasteiger partial charge in [0.25, 0.3) is 0 Å². The van der Waals surface area contributed by atoms with Crippen molar-refractivity contribution in [3.63, 3.8) is 0 Å². The highest BCUT2D eigenvalue weighted by Crippen LogP contribution is 2.20. The van der Waals surface area contributed by atoms with E-state index in [9.17, 15) is 9.90 Å². The van der Waals surface area contributed by atoms with Gasteiger partial charge in [0.2, 0.25) is 5.91 Å². The molecule has 104 valence electrons. The number of carbonyl (C=O) groups is 1. The number of aryl methyl sites for hydroxylation is 1. The Morgan fingerprint density at radius 2 is 1.89 bits per heavy atom. The molecule has 1 N–H and O–H groups in total. The predicted octanol–water partition coefficient (Wildman–Crippen LogP) is 2.97. The Kier molecular flexibility index (Phi) is 4.83. The number of carbonyl (C=O) groups excluding carboxylic acids is 1. The molecule has 1 saturated heterocycles. The summed E-state index contributed by atoms with van der Waals surface area (Å²) in [7, 11) is 0. The molecule has 1 aromatic rings. The maximum absolute atomic E-state index is 12.1. The van der Waals surface area contributed by atoms with Crippen LogP contribution in [-0.4, -0.2) is 29.0 Å². The number of phenols is 1. The second-order valence-electron chi connectivity index (χ2n) is 5.40. The van der Waals surface area contributed by atoms with E-state index in [4.69, 9.17) is 0 Å². The molecule has 3 nitrogen and oxygen atoms in total. The summed E-state index contributed by atoms with van der Waals surface area (Å²) in [5.74, 6) is 1.35. The highest BCUT2D eigenvalue weighted by molar-refractivity contribution is 5.76. The summed E-state index contributed by atoms with van der Waals surface area (Å²) in [5, 5.41) is 9.21. The molecule has 0 aliphatic carbocycles. The van der Waals surface area contributed by atoms with Crippen molar-refractivity contribution >= 4 is 5.91 Å². The molecule has 1 aliphatic rings. The van der Waals surface area contributed by atoms with Crippen molar-refractivity contribution in [1.82, 2.24) is 4.90 Å². The average Bonchev–Trinajstić information content (AvgIpc) is 2.46. The van der Waals surface area contributed by atoms with Gasteiger partial charge in [-0.3, -0.25) is 4.79 Å². The molecule has 2 rings (SSSR count). The van der Waals surface area contributed by atoms with Crippen LogP contribution in [0.5, 0.6) is 5.75 Å². The van der Waals surface area contributed by atoms with E-state index < -0.39 is 0 Å². The first-order valence-electron chi connectivity index (χ1n) is 7.24. The van der Waals surface area contributed by atoms with E-state index in [1.54, 1.807) is 12.1 Å². The zero-order valence-electron chi connectivity index (χ0n) is 11.6.